The maximum atomic E-state index is 11.5. The van der Waals surface area contributed by atoms with Crippen molar-refractivity contribution in [3.63, 3.8) is 0 Å². The molecule has 0 radical (unpaired) electrons. The lowest BCUT2D eigenvalue weighted by Crippen LogP contribution is -2.35. The average molecular weight is 333 g/mol. The number of hydrogen-bond donors (Lipinski definition) is 0. The van der Waals surface area contributed by atoms with Crippen molar-refractivity contribution in [2.24, 2.45) is 5.92 Å². The lowest BCUT2D eigenvalue weighted by molar-refractivity contribution is -0.00324. The van der Waals surface area contributed by atoms with E-state index in [4.69, 9.17) is 18.9 Å². The number of hydrogen-bond acceptors (Lipinski definition) is 7. The van der Waals surface area contributed by atoms with Crippen LogP contribution in [0, 0.1) is 5.92 Å². The largest absolute Gasteiger partial charge is 0.508 e. The second kappa shape index (κ2) is 12.0. The average Bonchev–Trinajstić information content (AvgIpc) is 2.45. The molecule has 0 aromatic heterocycles. The predicted octanol–water partition coefficient (Wildman–Crippen LogP) is 3.07. The molecule has 0 unspecified atom stereocenters. The second-order valence-corrected chi connectivity index (χ2v) is 5.81. The van der Waals surface area contributed by atoms with Gasteiger partial charge in [0.15, 0.2) is 0 Å². The normalized spacial score (nSPS) is 11.2. The van der Waals surface area contributed by atoms with Crippen molar-refractivity contribution in [1.29, 1.82) is 0 Å². The topological polar surface area (TPSA) is 74.3 Å². The maximum Gasteiger partial charge on any atom is 0.508 e. The van der Waals surface area contributed by atoms with Crippen LogP contribution in [0.5, 0.6) is 0 Å². The third-order valence-corrected chi connectivity index (χ3v) is 2.95. The summed E-state index contributed by atoms with van der Waals surface area (Å²) in [7, 11) is 0. The van der Waals surface area contributed by atoms with Gasteiger partial charge in [-0.2, -0.15) is 0 Å². The van der Waals surface area contributed by atoms with Crippen molar-refractivity contribution < 1.29 is 28.5 Å². The molecule has 0 aliphatic heterocycles. The highest BCUT2D eigenvalue weighted by atomic mass is 16.7. The molecule has 7 nitrogen and oxygen atoms in total. The molecule has 0 saturated heterocycles. The molecule has 0 fully saturated rings. The van der Waals surface area contributed by atoms with Gasteiger partial charge in [-0.05, 0) is 40.8 Å². The summed E-state index contributed by atoms with van der Waals surface area (Å²) in [6.45, 7) is 13.7. The van der Waals surface area contributed by atoms with E-state index in [9.17, 15) is 9.59 Å². The minimum atomic E-state index is -0.714. The van der Waals surface area contributed by atoms with E-state index in [0.717, 1.165) is 13.1 Å². The fourth-order valence-electron chi connectivity index (χ4n) is 1.83. The van der Waals surface area contributed by atoms with Crippen molar-refractivity contribution in [3.8, 4) is 0 Å². The molecule has 0 amide bonds. The summed E-state index contributed by atoms with van der Waals surface area (Å²) in [4.78, 5) is 25.1. The Bertz CT molecular complexity index is 315. The van der Waals surface area contributed by atoms with Gasteiger partial charge in [0, 0.05) is 12.5 Å². The Hall–Kier alpha value is -1.50. The molecule has 0 atom stereocenters. The predicted molar refractivity (Wildman–Crippen MR) is 86.4 cm³/mol. The molecule has 0 bridgehead atoms. The Kier molecular flexibility index (Phi) is 11.2. The smallest absolute Gasteiger partial charge is 0.434 e. The number of ether oxygens (including phenoxy) is 4. The third-order valence-electron chi connectivity index (χ3n) is 2.95. The SMILES string of the molecule is CCN(CC)CC(COC(=O)OC(C)C)COC(=O)OC(C)C. The van der Waals surface area contributed by atoms with Crippen molar-refractivity contribution >= 4 is 12.3 Å². The van der Waals surface area contributed by atoms with Crippen LogP contribution in [0.4, 0.5) is 9.59 Å². The Morgan fingerprint density at radius 2 is 1.22 bits per heavy atom. The van der Waals surface area contributed by atoms with E-state index in [1.807, 2.05) is 13.8 Å². The molecule has 0 aromatic rings. The van der Waals surface area contributed by atoms with Crippen LogP contribution in [0.3, 0.4) is 0 Å². The Morgan fingerprint density at radius 3 is 1.52 bits per heavy atom. The minimum absolute atomic E-state index is 0.122. The minimum Gasteiger partial charge on any atom is -0.434 e. The highest BCUT2D eigenvalue weighted by Crippen LogP contribution is 2.06. The fraction of sp³-hybridized carbons (Fsp3) is 0.875. The molecule has 0 aliphatic carbocycles. The molecule has 0 saturated carbocycles. The summed E-state index contributed by atoms with van der Waals surface area (Å²) in [5.74, 6) is -0.144. The van der Waals surface area contributed by atoms with Gasteiger partial charge in [0.05, 0.1) is 12.2 Å². The van der Waals surface area contributed by atoms with Crippen molar-refractivity contribution in [1.82, 2.24) is 4.90 Å². The van der Waals surface area contributed by atoms with E-state index in [2.05, 4.69) is 4.90 Å². The molecule has 7 heteroatoms. The van der Waals surface area contributed by atoms with Crippen molar-refractivity contribution in [2.45, 2.75) is 53.8 Å². The van der Waals surface area contributed by atoms with Gasteiger partial charge in [0.25, 0.3) is 0 Å². The highest BCUT2D eigenvalue weighted by Gasteiger charge is 2.19. The molecule has 0 aliphatic rings. The van der Waals surface area contributed by atoms with Crippen LogP contribution in [0.1, 0.15) is 41.5 Å². The second-order valence-electron chi connectivity index (χ2n) is 5.81. The zero-order valence-corrected chi connectivity index (χ0v) is 15.2. The summed E-state index contributed by atoms with van der Waals surface area (Å²) in [5, 5.41) is 0. The molecule has 0 heterocycles. The van der Waals surface area contributed by atoms with Crippen LogP contribution in [0.15, 0.2) is 0 Å². The van der Waals surface area contributed by atoms with Crippen LogP contribution in [-0.4, -0.2) is 62.3 Å². The van der Waals surface area contributed by atoms with Gasteiger partial charge in [-0.25, -0.2) is 9.59 Å². The van der Waals surface area contributed by atoms with E-state index in [1.54, 1.807) is 27.7 Å². The molecule has 0 N–H and O–H groups in total. The molecule has 136 valence electrons. The molecule has 0 rings (SSSR count). The first-order valence-electron chi connectivity index (χ1n) is 8.17. The molecule has 0 aromatic carbocycles. The quantitative estimate of drug-likeness (QED) is 0.569. The van der Waals surface area contributed by atoms with Crippen molar-refractivity contribution in [2.75, 3.05) is 32.8 Å². The summed E-state index contributed by atoms with van der Waals surface area (Å²) in [6.07, 6.45) is -1.90. The fourth-order valence-corrected chi connectivity index (χ4v) is 1.83. The monoisotopic (exact) mass is 333 g/mol. The van der Waals surface area contributed by atoms with Gasteiger partial charge >= 0.3 is 12.3 Å². The van der Waals surface area contributed by atoms with Crippen LogP contribution in [0.2, 0.25) is 0 Å². The first-order chi connectivity index (χ1) is 10.8. The first-order valence-corrected chi connectivity index (χ1v) is 8.17. The summed E-state index contributed by atoms with van der Waals surface area (Å²) in [6, 6.07) is 0. The van der Waals surface area contributed by atoms with E-state index in [-0.39, 0.29) is 31.3 Å². The lowest BCUT2D eigenvalue weighted by atomic mass is 10.1. The number of rotatable bonds is 10. The lowest BCUT2D eigenvalue weighted by Gasteiger charge is -2.24. The number of nitrogens with zero attached hydrogens (tertiary/aromatic N) is 1. The van der Waals surface area contributed by atoms with Crippen LogP contribution in [-0.2, 0) is 18.9 Å². The Balaban J connectivity index is 4.44. The third kappa shape index (κ3) is 11.7. The van der Waals surface area contributed by atoms with E-state index >= 15 is 0 Å². The summed E-state index contributed by atoms with van der Waals surface area (Å²) >= 11 is 0. The highest BCUT2D eigenvalue weighted by molar-refractivity contribution is 5.60. The summed E-state index contributed by atoms with van der Waals surface area (Å²) in [5.41, 5.74) is 0. The van der Waals surface area contributed by atoms with Gasteiger partial charge in [0.1, 0.15) is 13.2 Å². The van der Waals surface area contributed by atoms with Crippen LogP contribution in [0.25, 0.3) is 0 Å². The maximum absolute atomic E-state index is 11.5. The molecular formula is C16H31NO6. The Morgan fingerprint density at radius 1 is 0.826 bits per heavy atom. The van der Waals surface area contributed by atoms with E-state index in [0.29, 0.717) is 6.54 Å². The standard InChI is InChI=1S/C16H31NO6/c1-7-17(8-2)9-14(10-20-15(18)22-12(3)4)11-21-16(19)23-13(5)6/h12-14H,7-11H2,1-6H3. The molecule has 23 heavy (non-hydrogen) atoms. The van der Waals surface area contributed by atoms with Gasteiger partial charge in [-0.15, -0.1) is 0 Å². The van der Waals surface area contributed by atoms with Crippen LogP contribution >= 0.6 is 0 Å². The van der Waals surface area contributed by atoms with Crippen molar-refractivity contribution in [3.05, 3.63) is 0 Å². The first kappa shape index (κ1) is 21.5. The van der Waals surface area contributed by atoms with Crippen LogP contribution < -0.4 is 0 Å². The molecule has 0 spiro atoms. The number of carbonyl (C=O) groups is 2. The molecular weight excluding hydrogens is 302 g/mol. The van der Waals surface area contributed by atoms with E-state index < -0.39 is 12.3 Å². The Labute approximate surface area is 139 Å². The van der Waals surface area contributed by atoms with Gasteiger partial charge in [-0.1, -0.05) is 13.8 Å². The number of carbonyl (C=O) groups excluding carboxylic acids is 2. The van der Waals surface area contributed by atoms with E-state index in [1.165, 1.54) is 0 Å². The summed E-state index contributed by atoms with van der Waals surface area (Å²) < 4.78 is 20.1. The van der Waals surface area contributed by atoms with Gasteiger partial charge in [0.2, 0.25) is 0 Å². The van der Waals surface area contributed by atoms with Gasteiger partial charge in [-0.3, -0.25) is 0 Å². The zero-order valence-electron chi connectivity index (χ0n) is 15.2. The van der Waals surface area contributed by atoms with Gasteiger partial charge < -0.3 is 23.8 Å². The zero-order chi connectivity index (χ0) is 17.8.